The molecule has 2 amide bonds. The highest BCUT2D eigenvalue weighted by Gasteiger charge is 2.40. The maximum atomic E-state index is 11.2. The predicted molar refractivity (Wildman–Crippen MR) is 46.8 cm³/mol. The first-order valence-corrected chi connectivity index (χ1v) is 3.94. The molecule has 1 atom stereocenters. The average Bonchev–Trinajstić information content (AvgIpc) is 2.12. The van der Waals surface area contributed by atoms with Gasteiger partial charge in [0.1, 0.15) is 0 Å². The Morgan fingerprint density at radius 3 is 2.14 bits per heavy atom. The molecule has 0 aliphatic heterocycles. The van der Waals surface area contributed by atoms with Crippen molar-refractivity contribution in [3.63, 3.8) is 0 Å². The summed E-state index contributed by atoms with van der Waals surface area (Å²) in [4.78, 5) is 32.3. The number of hydrogen-bond acceptors (Lipinski definition) is 4. The van der Waals surface area contributed by atoms with E-state index in [4.69, 9.17) is 10.8 Å². The Hall–Kier alpha value is -1.63. The molecule has 0 saturated heterocycles. The van der Waals surface area contributed by atoms with Gasteiger partial charge in [-0.3, -0.25) is 20.4 Å². The van der Waals surface area contributed by atoms with Gasteiger partial charge in [0, 0.05) is 6.92 Å². The molecule has 0 radical (unpaired) electrons. The molecule has 5 N–H and O–H groups in total. The second-order valence-corrected chi connectivity index (χ2v) is 2.77. The number of carboxylic acids is 1. The number of carboxylic acid groups (broad SMARTS) is 1. The number of nitrogens with one attached hydrogen (secondary N) is 2. The number of carbonyl (C=O) groups is 3. The summed E-state index contributed by atoms with van der Waals surface area (Å²) >= 11 is 0. The van der Waals surface area contributed by atoms with Crippen LogP contribution in [0.4, 0.5) is 0 Å². The molecule has 0 aliphatic carbocycles. The normalized spacial score (nSPS) is 13.9. The fourth-order valence-corrected chi connectivity index (χ4v) is 0.665. The van der Waals surface area contributed by atoms with Crippen molar-refractivity contribution in [3.8, 4) is 0 Å². The minimum atomic E-state index is -2.01. The number of hydrazine groups is 1. The van der Waals surface area contributed by atoms with Crippen molar-refractivity contribution in [1.82, 2.24) is 10.9 Å². The van der Waals surface area contributed by atoms with Gasteiger partial charge in [-0.2, -0.15) is 0 Å². The lowest BCUT2D eigenvalue weighted by atomic mass is 9.97. The summed E-state index contributed by atoms with van der Waals surface area (Å²) in [6, 6.07) is 0. The zero-order chi connectivity index (χ0) is 11.4. The van der Waals surface area contributed by atoms with Crippen molar-refractivity contribution in [2.24, 2.45) is 5.73 Å². The molecular weight excluding hydrogens is 190 g/mol. The van der Waals surface area contributed by atoms with Crippen LogP contribution in [0.1, 0.15) is 20.3 Å². The molecule has 1 unspecified atom stereocenters. The maximum Gasteiger partial charge on any atom is 0.333 e. The molecule has 0 aromatic carbocycles. The van der Waals surface area contributed by atoms with Crippen molar-refractivity contribution >= 4 is 17.8 Å². The number of aliphatic carboxylic acids is 1. The second kappa shape index (κ2) is 4.56. The first kappa shape index (κ1) is 12.4. The number of amides is 2. The fourth-order valence-electron chi connectivity index (χ4n) is 0.665. The second-order valence-electron chi connectivity index (χ2n) is 2.77. The quantitative estimate of drug-likeness (QED) is 0.323. The number of hydrogen-bond donors (Lipinski definition) is 4. The van der Waals surface area contributed by atoms with Gasteiger partial charge in [-0.05, 0) is 6.42 Å². The molecule has 0 saturated carbocycles. The Balaban J connectivity index is 4.47. The molecule has 0 aromatic heterocycles. The standard InChI is InChI=1S/C7H13N3O4/c1-3-7(8,6(13)14)5(12)10-9-4(2)11/h3,8H2,1-2H3,(H,9,11)(H,10,12)(H,13,14). The van der Waals surface area contributed by atoms with Crippen LogP contribution >= 0.6 is 0 Å². The number of nitrogens with two attached hydrogens (primary N) is 1. The summed E-state index contributed by atoms with van der Waals surface area (Å²) in [5, 5.41) is 8.67. The summed E-state index contributed by atoms with van der Waals surface area (Å²) in [6.45, 7) is 2.63. The van der Waals surface area contributed by atoms with E-state index in [1.54, 1.807) is 0 Å². The van der Waals surface area contributed by atoms with Gasteiger partial charge in [-0.15, -0.1) is 0 Å². The monoisotopic (exact) mass is 203 g/mol. The van der Waals surface area contributed by atoms with Gasteiger partial charge in [0.15, 0.2) is 5.54 Å². The summed E-state index contributed by atoms with van der Waals surface area (Å²) < 4.78 is 0. The largest absolute Gasteiger partial charge is 0.479 e. The van der Waals surface area contributed by atoms with Crippen LogP contribution in [0.3, 0.4) is 0 Å². The highest BCUT2D eigenvalue weighted by atomic mass is 16.4. The minimum Gasteiger partial charge on any atom is -0.479 e. The Morgan fingerprint density at radius 2 is 1.86 bits per heavy atom. The summed E-state index contributed by atoms with van der Waals surface area (Å²) in [5.41, 5.74) is 7.16. The van der Waals surface area contributed by atoms with Gasteiger partial charge in [0.25, 0.3) is 5.91 Å². The molecule has 0 rings (SSSR count). The number of rotatable bonds is 3. The smallest absolute Gasteiger partial charge is 0.333 e. The van der Waals surface area contributed by atoms with Gasteiger partial charge in [-0.1, -0.05) is 6.92 Å². The first-order valence-electron chi connectivity index (χ1n) is 3.94. The highest BCUT2D eigenvalue weighted by Crippen LogP contribution is 2.05. The molecule has 0 aromatic rings. The highest BCUT2D eigenvalue weighted by molar-refractivity contribution is 6.06. The van der Waals surface area contributed by atoms with Crippen molar-refractivity contribution < 1.29 is 19.5 Å². The molecule has 0 spiro atoms. The fraction of sp³-hybridized carbons (Fsp3) is 0.571. The zero-order valence-electron chi connectivity index (χ0n) is 7.96. The van der Waals surface area contributed by atoms with Gasteiger partial charge in [0.05, 0.1) is 0 Å². The minimum absolute atomic E-state index is 0.0756. The van der Waals surface area contributed by atoms with Crippen LogP contribution in [-0.2, 0) is 14.4 Å². The van der Waals surface area contributed by atoms with Crippen LogP contribution in [0.5, 0.6) is 0 Å². The van der Waals surface area contributed by atoms with Crippen molar-refractivity contribution in [1.29, 1.82) is 0 Å². The van der Waals surface area contributed by atoms with Crippen molar-refractivity contribution in [2.45, 2.75) is 25.8 Å². The van der Waals surface area contributed by atoms with Crippen LogP contribution in [0, 0.1) is 0 Å². The molecule has 7 nitrogen and oxygen atoms in total. The Bertz CT molecular complexity index is 266. The van der Waals surface area contributed by atoms with Crippen LogP contribution in [0.25, 0.3) is 0 Å². The first-order chi connectivity index (χ1) is 6.34. The third-order valence-electron chi connectivity index (χ3n) is 1.70. The predicted octanol–water partition coefficient (Wildman–Crippen LogP) is -1.65. The molecule has 0 aliphatic rings. The van der Waals surface area contributed by atoms with E-state index in [0.29, 0.717) is 0 Å². The molecule has 80 valence electrons. The van der Waals surface area contributed by atoms with Crippen LogP contribution in [0.2, 0.25) is 0 Å². The van der Waals surface area contributed by atoms with Gasteiger partial charge >= 0.3 is 5.97 Å². The van der Waals surface area contributed by atoms with E-state index < -0.39 is 23.3 Å². The zero-order valence-corrected chi connectivity index (χ0v) is 7.96. The van der Waals surface area contributed by atoms with Crippen molar-refractivity contribution in [2.75, 3.05) is 0 Å². The molecule has 7 heteroatoms. The van der Waals surface area contributed by atoms with Crippen LogP contribution in [-0.4, -0.2) is 28.4 Å². The Morgan fingerprint density at radius 1 is 1.36 bits per heavy atom. The van der Waals surface area contributed by atoms with Crippen LogP contribution in [0.15, 0.2) is 0 Å². The van der Waals surface area contributed by atoms with Crippen LogP contribution < -0.4 is 16.6 Å². The average molecular weight is 203 g/mol. The van der Waals surface area contributed by atoms with Gasteiger partial charge in [0.2, 0.25) is 5.91 Å². The lowest BCUT2D eigenvalue weighted by molar-refractivity contribution is -0.150. The van der Waals surface area contributed by atoms with Crippen molar-refractivity contribution in [3.05, 3.63) is 0 Å². The van der Waals surface area contributed by atoms with E-state index in [2.05, 4.69) is 0 Å². The third-order valence-corrected chi connectivity index (χ3v) is 1.70. The molecular formula is C7H13N3O4. The molecule has 0 fully saturated rings. The van der Waals surface area contributed by atoms with Gasteiger partial charge in [-0.25, -0.2) is 4.79 Å². The maximum absolute atomic E-state index is 11.2. The van der Waals surface area contributed by atoms with Gasteiger partial charge < -0.3 is 10.8 Å². The van der Waals surface area contributed by atoms with E-state index in [-0.39, 0.29) is 6.42 Å². The Kier molecular flexibility index (Phi) is 4.03. The number of carbonyl (C=O) groups excluding carboxylic acids is 2. The van der Waals surface area contributed by atoms with E-state index >= 15 is 0 Å². The topological polar surface area (TPSA) is 122 Å². The SMILES string of the molecule is CCC(N)(C(=O)O)C(=O)NNC(C)=O. The molecule has 0 bridgehead atoms. The summed E-state index contributed by atoms with van der Waals surface area (Å²) in [7, 11) is 0. The van der Waals surface area contributed by atoms with E-state index in [1.807, 2.05) is 10.9 Å². The molecule has 0 heterocycles. The van der Waals surface area contributed by atoms with E-state index in [9.17, 15) is 14.4 Å². The summed E-state index contributed by atoms with van der Waals surface area (Å²) in [5.74, 6) is -2.91. The van der Waals surface area contributed by atoms with E-state index in [1.165, 1.54) is 13.8 Å². The third kappa shape index (κ3) is 2.70. The lowest BCUT2D eigenvalue weighted by Gasteiger charge is -2.21. The lowest BCUT2D eigenvalue weighted by Crippen LogP contribution is -2.62. The Labute approximate surface area is 80.6 Å². The molecule has 14 heavy (non-hydrogen) atoms. The van der Waals surface area contributed by atoms with E-state index in [0.717, 1.165) is 0 Å². The summed E-state index contributed by atoms with van der Waals surface area (Å²) in [6.07, 6.45) is -0.0756.